The molecule has 202 valence electrons. The second-order valence-corrected chi connectivity index (χ2v) is 10.1. The molecule has 0 radical (unpaired) electrons. The average molecular weight is 521 g/mol. The van der Waals surface area contributed by atoms with Gasteiger partial charge in [0.15, 0.2) is 0 Å². The molecular weight excluding hydrogens is 484 g/mol. The van der Waals surface area contributed by atoms with Gasteiger partial charge in [0, 0.05) is 18.8 Å². The molecule has 0 bridgehead atoms. The maximum Gasteiger partial charge on any atom is 0.307 e. The first-order chi connectivity index (χ1) is 18.3. The third-order valence-electron chi connectivity index (χ3n) is 6.93. The van der Waals surface area contributed by atoms with Crippen molar-refractivity contribution in [1.82, 2.24) is 14.9 Å². The molecule has 1 saturated heterocycles. The Morgan fingerprint density at radius 3 is 2.58 bits per heavy atom. The number of esters is 1. The van der Waals surface area contributed by atoms with Crippen molar-refractivity contribution < 1.29 is 19.1 Å². The van der Waals surface area contributed by atoms with Gasteiger partial charge >= 0.3 is 5.97 Å². The summed E-state index contributed by atoms with van der Waals surface area (Å²) in [7, 11) is 1.33. The van der Waals surface area contributed by atoms with Gasteiger partial charge in [0.1, 0.15) is 6.04 Å². The van der Waals surface area contributed by atoms with Gasteiger partial charge in [0.05, 0.1) is 50.0 Å². The summed E-state index contributed by atoms with van der Waals surface area (Å²) >= 11 is 0. The molecule has 1 aromatic heterocycles. The van der Waals surface area contributed by atoms with E-state index in [2.05, 4.69) is 15.2 Å². The van der Waals surface area contributed by atoms with Crippen molar-refractivity contribution in [2.45, 2.75) is 45.7 Å². The maximum absolute atomic E-state index is 13.8. The van der Waals surface area contributed by atoms with Crippen LogP contribution in [0.3, 0.4) is 0 Å². The van der Waals surface area contributed by atoms with E-state index in [1.54, 1.807) is 18.2 Å². The van der Waals surface area contributed by atoms with E-state index in [-0.39, 0.29) is 23.8 Å². The number of carbonyl (C=O) groups is 2. The van der Waals surface area contributed by atoms with Gasteiger partial charge in [-0.15, -0.1) is 0 Å². The Hall–Kier alpha value is -3.72. The lowest BCUT2D eigenvalue weighted by Gasteiger charge is -2.31. The van der Waals surface area contributed by atoms with E-state index in [1.807, 2.05) is 45.0 Å². The smallest absolute Gasteiger partial charge is 0.307 e. The van der Waals surface area contributed by atoms with Crippen molar-refractivity contribution in [2.24, 2.45) is 5.92 Å². The first-order valence-corrected chi connectivity index (χ1v) is 13.0. The molecule has 1 fully saturated rings. The summed E-state index contributed by atoms with van der Waals surface area (Å²) < 4.78 is 11.9. The SMILES string of the molecule is COC(=O)CC(NC(=O)C(CC(C)C)n1cnc2ccccc2c1=O)c1ccc(C)c(N2CCOCC2)c1. The predicted molar refractivity (Wildman–Crippen MR) is 146 cm³/mol. The molecule has 3 aromatic rings. The van der Waals surface area contributed by atoms with Gasteiger partial charge in [-0.1, -0.05) is 38.1 Å². The Bertz CT molecular complexity index is 1350. The number of para-hydroxylation sites is 1. The topological polar surface area (TPSA) is 103 Å². The van der Waals surface area contributed by atoms with Gasteiger partial charge in [0.25, 0.3) is 5.56 Å². The zero-order valence-corrected chi connectivity index (χ0v) is 22.5. The van der Waals surface area contributed by atoms with E-state index in [0.717, 1.165) is 29.9 Å². The fourth-order valence-corrected chi connectivity index (χ4v) is 4.86. The lowest BCUT2D eigenvalue weighted by Crippen LogP contribution is -2.40. The quantitative estimate of drug-likeness (QED) is 0.431. The van der Waals surface area contributed by atoms with Crippen molar-refractivity contribution in [3.63, 3.8) is 0 Å². The molecule has 9 nitrogen and oxygen atoms in total. The third-order valence-corrected chi connectivity index (χ3v) is 6.93. The number of nitrogens with zero attached hydrogens (tertiary/aromatic N) is 3. The molecule has 1 aliphatic heterocycles. The molecule has 1 N–H and O–H groups in total. The van der Waals surface area contributed by atoms with Crippen LogP contribution < -0.4 is 15.8 Å². The number of ether oxygens (including phenoxy) is 2. The minimum absolute atomic E-state index is 0.0346. The number of morpholine rings is 1. The Balaban J connectivity index is 1.68. The number of aromatic nitrogens is 2. The van der Waals surface area contributed by atoms with Crippen molar-refractivity contribution in [3.8, 4) is 0 Å². The Kier molecular flexibility index (Phi) is 8.78. The summed E-state index contributed by atoms with van der Waals surface area (Å²) in [6, 6.07) is 11.6. The molecule has 1 aliphatic rings. The Labute approximate surface area is 222 Å². The van der Waals surface area contributed by atoms with Crippen LogP contribution in [-0.2, 0) is 19.1 Å². The molecule has 2 heterocycles. The highest BCUT2D eigenvalue weighted by atomic mass is 16.5. The third kappa shape index (κ3) is 6.22. The molecule has 2 atom stereocenters. The number of amides is 1. The number of nitrogens with one attached hydrogen (secondary N) is 1. The lowest BCUT2D eigenvalue weighted by atomic mass is 9.98. The largest absolute Gasteiger partial charge is 0.469 e. The number of methoxy groups -OCH3 is 1. The van der Waals surface area contributed by atoms with Gasteiger partial charge in [-0.05, 0) is 48.6 Å². The van der Waals surface area contributed by atoms with Crippen LogP contribution in [0.1, 0.15) is 49.9 Å². The number of benzene rings is 2. The highest BCUT2D eigenvalue weighted by Gasteiger charge is 2.28. The van der Waals surface area contributed by atoms with E-state index >= 15 is 0 Å². The molecule has 38 heavy (non-hydrogen) atoms. The molecule has 2 aromatic carbocycles. The fourth-order valence-electron chi connectivity index (χ4n) is 4.86. The summed E-state index contributed by atoms with van der Waals surface area (Å²) in [5.41, 5.74) is 3.25. The van der Waals surface area contributed by atoms with Crippen LogP contribution >= 0.6 is 0 Å². The van der Waals surface area contributed by atoms with Crippen LogP contribution in [0.2, 0.25) is 0 Å². The monoisotopic (exact) mass is 520 g/mol. The summed E-state index contributed by atoms with van der Waals surface area (Å²) in [5, 5.41) is 3.51. The van der Waals surface area contributed by atoms with Crippen LogP contribution in [0.25, 0.3) is 10.9 Å². The van der Waals surface area contributed by atoms with E-state index in [4.69, 9.17) is 9.47 Å². The number of anilines is 1. The highest BCUT2D eigenvalue weighted by Crippen LogP contribution is 2.28. The average Bonchev–Trinajstić information content (AvgIpc) is 2.92. The standard InChI is InChI=1S/C29H36N4O5/c1-19(2)15-26(33-18-30-23-8-6-5-7-22(23)29(33)36)28(35)31-24(17-27(34)37-4)21-10-9-20(3)25(16-21)32-11-13-38-14-12-32/h5-10,16,18-19,24,26H,11-15,17H2,1-4H3,(H,31,35). The zero-order chi connectivity index (χ0) is 27.2. The van der Waals surface area contributed by atoms with Crippen LogP contribution in [0.5, 0.6) is 0 Å². The first-order valence-electron chi connectivity index (χ1n) is 13.0. The molecular formula is C29H36N4O5. The molecule has 0 spiro atoms. The minimum Gasteiger partial charge on any atom is -0.469 e. The number of rotatable bonds is 9. The van der Waals surface area contributed by atoms with Gasteiger partial charge in [0.2, 0.25) is 5.91 Å². The van der Waals surface area contributed by atoms with Crippen LogP contribution in [0.4, 0.5) is 5.69 Å². The molecule has 4 rings (SSSR count). The van der Waals surface area contributed by atoms with Crippen molar-refractivity contribution in [2.75, 3.05) is 38.3 Å². The summed E-state index contributed by atoms with van der Waals surface area (Å²) in [6.45, 7) is 8.88. The number of hydrogen-bond donors (Lipinski definition) is 1. The van der Waals surface area contributed by atoms with Gasteiger partial charge < -0.3 is 19.7 Å². The Morgan fingerprint density at radius 1 is 1.13 bits per heavy atom. The normalized spacial score (nSPS) is 15.3. The van der Waals surface area contributed by atoms with E-state index < -0.39 is 18.1 Å². The summed E-state index contributed by atoms with van der Waals surface area (Å²) in [6.07, 6.45) is 1.84. The van der Waals surface area contributed by atoms with Gasteiger partial charge in [-0.2, -0.15) is 0 Å². The second kappa shape index (κ2) is 12.2. The highest BCUT2D eigenvalue weighted by molar-refractivity contribution is 5.83. The van der Waals surface area contributed by atoms with Crippen molar-refractivity contribution >= 4 is 28.5 Å². The lowest BCUT2D eigenvalue weighted by molar-refractivity contribution is -0.141. The first kappa shape index (κ1) is 27.3. The molecule has 2 unspecified atom stereocenters. The number of aryl methyl sites for hydroxylation is 1. The molecule has 0 saturated carbocycles. The van der Waals surface area contributed by atoms with Crippen molar-refractivity contribution in [3.05, 3.63) is 70.3 Å². The van der Waals surface area contributed by atoms with E-state index in [1.165, 1.54) is 18.0 Å². The zero-order valence-electron chi connectivity index (χ0n) is 22.5. The van der Waals surface area contributed by atoms with E-state index in [9.17, 15) is 14.4 Å². The van der Waals surface area contributed by atoms with Crippen LogP contribution in [0.15, 0.2) is 53.6 Å². The fraction of sp³-hybridized carbons (Fsp3) is 0.448. The maximum atomic E-state index is 13.8. The van der Waals surface area contributed by atoms with E-state index in [0.29, 0.717) is 30.5 Å². The van der Waals surface area contributed by atoms with Gasteiger partial charge in [-0.3, -0.25) is 19.0 Å². The minimum atomic E-state index is -0.788. The molecule has 1 amide bonds. The Morgan fingerprint density at radius 2 is 1.87 bits per heavy atom. The molecule has 0 aliphatic carbocycles. The summed E-state index contributed by atoms with van der Waals surface area (Å²) in [5.74, 6) is -0.649. The van der Waals surface area contributed by atoms with Crippen LogP contribution in [0, 0.1) is 12.8 Å². The van der Waals surface area contributed by atoms with Crippen molar-refractivity contribution in [1.29, 1.82) is 0 Å². The number of hydrogen-bond acceptors (Lipinski definition) is 7. The number of fused-ring (bicyclic) bond motifs is 1. The van der Waals surface area contributed by atoms with Gasteiger partial charge in [-0.25, -0.2) is 4.98 Å². The second-order valence-electron chi connectivity index (χ2n) is 10.1. The van der Waals surface area contributed by atoms with Crippen LogP contribution in [-0.4, -0.2) is 54.8 Å². The number of carbonyl (C=O) groups excluding carboxylic acids is 2. The summed E-state index contributed by atoms with van der Waals surface area (Å²) in [4.78, 5) is 46.2. The predicted octanol–water partition coefficient (Wildman–Crippen LogP) is 3.55. The molecule has 9 heteroatoms.